The number of aryl methyl sites for hydroxylation is 1. The normalized spacial score (nSPS) is 16.5. The first-order valence-electron chi connectivity index (χ1n) is 7.92. The number of rotatable bonds is 5. The van der Waals surface area contributed by atoms with Crippen LogP contribution in [0.5, 0.6) is 0 Å². The van der Waals surface area contributed by atoms with Crippen LogP contribution in [0.2, 0.25) is 0 Å². The number of thioether (sulfide) groups is 1. The van der Waals surface area contributed by atoms with E-state index < -0.39 is 0 Å². The lowest BCUT2D eigenvalue weighted by molar-refractivity contribution is -0.119. The molecule has 3 rings (SSSR count). The van der Waals surface area contributed by atoms with Gasteiger partial charge in [-0.25, -0.2) is 0 Å². The Morgan fingerprint density at radius 1 is 1.38 bits per heavy atom. The van der Waals surface area contributed by atoms with E-state index >= 15 is 0 Å². The van der Waals surface area contributed by atoms with Crippen LogP contribution in [0.15, 0.2) is 23.6 Å². The van der Waals surface area contributed by atoms with Crippen LogP contribution in [0, 0.1) is 5.92 Å². The van der Waals surface area contributed by atoms with Crippen molar-refractivity contribution in [1.82, 2.24) is 10.9 Å². The number of carbonyl (C=O) groups excluding carboxylic acids is 2. The van der Waals surface area contributed by atoms with E-state index in [-0.39, 0.29) is 11.8 Å². The van der Waals surface area contributed by atoms with Crippen molar-refractivity contribution in [2.75, 3.05) is 5.75 Å². The van der Waals surface area contributed by atoms with E-state index in [1.807, 2.05) is 17.5 Å². The van der Waals surface area contributed by atoms with E-state index in [1.165, 1.54) is 33.5 Å². The summed E-state index contributed by atoms with van der Waals surface area (Å²) in [6.07, 6.45) is 3.29. The second kappa shape index (κ2) is 8.18. The van der Waals surface area contributed by atoms with Gasteiger partial charge in [-0.3, -0.25) is 20.4 Å². The van der Waals surface area contributed by atoms with Crippen LogP contribution in [0.25, 0.3) is 0 Å². The van der Waals surface area contributed by atoms with Crippen molar-refractivity contribution in [3.8, 4) is 0 Å². The SMILES string of the molecule is C[C@H]1CCc2sc(C(=O)NNC(=O)CSCc3cccs3)cc2C1. The van der Waals surface area contributed by atoms with Crippen molar-refractivity contribution in [3.05, 3.63) is 43.8 Å². The molecule has 0 saturated heterocycles. The summed E-state index contributed by atoms with van der Waals surface area (Å²) in [4.78, 5) is 27.2. The van der Waals surface area contributed by atoms with Crippen molar-refractivity contribution in [2.45, 2.75) is 31.9 Å². The van der Waals surface area contributed by atoms with E-state index in [0.717, 1.165) is 18.6 Å². The predicted octanol–water partition coefficient (Wildman–Crippen LogP) is 3.63. The van der Waals surface area contributed by atoms with Gasteiger partial charge in [-0.15, -0.1) is 34.4 Å². The standard InChI is InChI=1S/C17H20N2O2S3/c1-11-4-5-14-12(7-11)8-15(24-14)17(21)19-18-16(20)10-22-9-13-3-2-6-23-13/h2-3,6,8,11H,4-5,7,9-10H2,1H3,(H,18,20)(H,19,21)/t11-/m0/s1. The molecule has 0 saturated carbocycles. The van der Waals surface area contributed by atoms with E-state index in [2.05, 4.69) is 23.8 Å². The lowest BCUT2D eigenvalue weighted by atomic mass is 9.90. The van der Waals surface area contributed by atoms with Gasteiger partial charge in [0, 0.05) is 15.5 Å². The molecular formula is C17H20N2O2S3. The third-order valence-corrected chi connectivity index (χ3v) is 7.20. The van der Waals surface area contributed by atoms with Gasteiger partial charge < -0.3 is 0 Å². The Morgan fingerprint density at radius 3 is 3.04 bits per heavy atom. The largest absolute Gasteiger partial charge is 0.279 e. The minimum atomic E-state index is -0.223. The number of nitrogens with one attached hydrogen (secondary N) is 2. The second-order valence-corrected chi connectivity index (χ2v) is 9.14. The van der Waals surface area contributed by atoms with Gasteiger partial charge in [0.2, 0.25) is 5.91 Å². The maximum atomic E-state index is 12.2. The summed E-state index contributed by atoms with van der Waals surface area (Å²) in [5, 5.41) is 2.03. The predicted molar refractivity (Wildman–Crippen MR) is 102 cm³/mol. The lowest BCUT2D eigenvalue weighted by Crippen LogP contribution is -2.42. The monoisotopic (exact) mass is 380 g/mol. The molecule has 0 aromatic carbocycles. The van der Waals surface area contributed by atoms with Gasteiger partial charge in [-0.1, -0.05) is 13.0 Å². The van der Waals surface area contributed by atoms with Crippen LogP contribution in [0.4, 0.5) is 0 Å². The number of thiophene rings is 2. The third-order valence-electron chi connectivity index (χ3n) is 3.93. The number of carbonyl (C=O) groups is 2. The molecule has 0 bridgehead atoms. The summed E-state index contributed by atoms with van der Waals surface area (Å²) in [6, 6.07) is 6.03. The summed E-state index contributed by atoms with van der Waals surface area (Å²) >= 11 is 4.77. The highest BCUT2D eigenvalue weighted by Gasteiger charge is 2.20. The zero-order chi connectivity index (χ0) is 16.9. The van der Waals surface area contributed by atoms with E-state index in [1.54, 1.807) is 22.7 Å². The fourth-order valence-electron chi connectivity index (χ4n) is 2.68. The van der Waals surface area contributed by atoms with Crippen LogP contribution < -0.4 is 10.9 Å². The van der Waals surface area contributed by atoms with Crippen molar-refractivity contribution in [1.29, 1.82) is 0 Å². The molecular weight excluding hydrogens is 360 g/mol. The molecule has 7 heteroatoms. The molecule has 4 nitrogen and oxygen atoms in total. The summed E-state index contributed by atoms with van der Waals surface area (Å²) < 4.78 is 0. The van der Waals surface area contributed by atoms with Gasteiger partial charge in [-0.2, -0.15) is 0 Å². The maximum absolute atomic E-state index is 12.2. The van der Waals surface area contributed by atoms with Crippen LogP contribution in [-0.2, 0) is 23.4 Å². The van der Waals surface area contributed by atoms with Crippen molar-refractivity contribution >= 4 is 46.2 Å². The second-order valence-electron chi connectivity index (χ2n) is 5.98. The van der Waals surface area contributed by atoms with Gasteiger partial charge >= 0.3 is 0 Å². The minimum absolute atomic E-state index is 0.181. The number of hydrazine groups is 1. The summed E-state index contributed by atoms with van der Waals surface area (Å²) in [7, 11) is 0. The maximum Gasteiger partial charge on any atom is 0.279 e. The van der Waals surface area contributed by atoms with E-state index in [0.29, 0.717) is 16.5 Å². The molecule has 2 N–H and O–H groups in total. The van der Waals surface area contributed by atoms with Crippen molar-refractivity contribution < 1.29 is 9.59 Å². The molecule has 2 amide bonds. The third kappa shape index (κ3) is 4.62. The van der Waals surface area contributed by atoms with Gasteiger partial charge in [0.1, 0.15) is 0 Å². The lowest BCUT2D eigenvalue weighted by Gasteiger charge is -2.16. The first-order valence-corrected chi connectivity index (χ1v) is 10.8. The van der Waals surface area contributed by atoms with Gasteiger partial charge in [0.05, 0.1) is 10.6 Å². The highest BCUT2D eigenvalue weighted by Crippen LogP contribution is 2.32. The molecule has 0 radical (unpaired) electrons. The number of fused-ring (bicyclic) bond motifs is 1. The average Bonchev–Trinajstić information content (AvgIpc) is 3.21. The first-order chi connectivity index (χ1) is 11.6. The molecule has 1 aliphatic rings. The van der Waals surface area contributed by atoms with Crippen LogP contribution in [-0.4, -0.2) is 17.6 Å². The minimum Gasteiger partial charge on any atom is -0.272 e. The molecule has 0 spiro atoms. The van der Waals surface area contributed by atoms with Crippen LogP contribution >= 0.6 is 34.4 Å². The van der Waals surface area contributed by atoms with Gasteiger partial charge in [-0.05, 0) is 48.3 Å². The summed E-state index contributed by atoms with van der Waals surface area (Å²) in [5.41, 5.74) is 6.32. The van der Waals surface area contributed by atoms with Gasteiger partial charge in [0.15, 0.2) is 0 Å². The average molecular weight is 381 g/mol. The molecule has 0 fully saturated rings. The highest BCUT2D eigenvalue weighted by atomic mass is 32.2. The van der Waals surface area contributed by atoms with Crippen molar-refractivity contribution in [3.63, 3.8) is 0 Å². The van der Waals surface area contributed by atoms with Gasteiger partial charge in [0.25, 0.3) is 5.91 Å². The van der Waals surface area contributed by atoms with Crippen LogP contribution in [0.1, 0.15) is 38.3 Å². The number of hydrogen-bond acceptors (Lipinski definition) is 5. The fraction of sp³-hybridized carbons (Fsp3) is 0.412. The number of amides is 2. The molecule has 2 aromatic rings. The van der Waals surface area contributed by atoms with E-state index in [4.69, 9.17) is 0 Å². The fourth-order valence-corrected chi connectivity index (χ4v) is 5.45. The van der Waals surface area contributed by atoms with Crippen molar-refractivity contribution in [2.24, 2.45) is 5.92 Å². The summed E-state index contributed by atoms with van der Waals surface area (Å²) in [6.45, 7) is 2.24. The van der Waals surface area contributed by atoms with E-state index in [9.17, 15) is 9.59 Å². The smallest absolute Gasteiger partial charge is 0.272 e. The zero-order valence-corrected chi connectivity index (χ0v) is 15.9. The topological polar surface area (TPSA) is 58.2 Å². The molecule has 1 aliphatic carbocycles. The molecule has 0 aliphatic heterocycles. The molecule has 2 aromatic heterocycles. The molecule has 0 unspecified atom stereocenters. The Kier molecular flexibility index (Phi) is 5.97. The Hall–Kier alpha value is -1.31. The molecule has 128 valence electrons. The molecule has 1 atom stereocenters. The number of hydrogen-bond donors (Lipinski definition) is 2. The summed E-state index contributed by atoms with van der Waals surface area (Å²) in [5.74, 6) is 1.42. The molecule has 24 heavy (non-hydrogen) atoms. The Morgan fingerprint density at radius 2 is 2.25 bits per heavy atom. The quantitative estimate of drug-likeness (QED) is 0.779. The Labute approximate surface area is 154 Å². The first kappa shape index (κ1) is 17.5. The van der Waals surface area contributed by atoms with Crippen LogP contribution in [0.3, 0.4) is 0 Å². The Bertz CT molecular complexity index is 709. The molecule has 2 heterocycles. The zero-order valence-electron chi connectivity index (χ0n) is 13.5. The Balaban J connectivity index is 1.42. The highest BCUT2D eigenvalue weighted by molar-refractivity contribution is 7.99.